The fourth-order valence-corrected chi connectivity index (χ4v) is 7.28. The fourth-order valence-electron chi connectivity index (χ4n) is 4.79. The molecule has 2 aliphatic rings. The average Bonchev–Trinajstić information content (AvgIpc) is 2.75. The van der Waals surface area contributed by atoms with Gasteiger partial charge in [0.25, 0.3) is 0 Å². The maximum atomic E-state index is 13.4. The van der Waals surface area contributed by atoms with Crippen LogP contribution in [-0.4, -0.2) is 16.1 Å². The van der Waals surface area contributed by atoms with E-state index in [0.717, 1.165) is 29.9 Å². The Morgan fingerprint density at radius 2 is 1.34 bits per heavy atom. The monoisotopic (exact) mass is 432 g/mol. The third-order valence-electron chi connectivity index (χ3n) is 6.58. The van der Waals surface area contributed by atoms with Crippen LogP contribution in [0.15, 0.2) is 48.5 Å². The first-order valence-corrected chi connectivity index (χ1v) is 12.9. The molecule has 2 fully saturated rings. The maximum absolute atomic E-state index is 13.4. The Kier molecular flexibility index (Phi) is 6.91. The highest BCUT2D eigenvalue weighted by Gasteiger charge is 2.40. The van der Waals surface area contributed by atoms with Crippen LogP contribution < -0.4 is 0 Å². The quantitative estimate of drug-likeness (QED) is 0.467. The lowest BCUT2D eigenvalue weighted by molar-refractivity contribution is 0.202. The molecule has 0 amide bonds. The van der Waals surface area contributed by atoms with Crippen LogP contribution in [0.2, 0.25) is 0 Å². The van der Waals surface area contributed by atoms with Crippen LogP contribution >= 0.6 is 23.5 Å². The smallest absolute Gasteiger partial charge is 0.182 e. The number of benzene rings is 2. The molecule has 4 rings (SSSR count). The molecule has 29 heavy (non-hydrogen) atoms. The van der Waals surface area contributed by atoms with Crippen molar-refractivity contribution in [3.63, 3.8) is 0 Å². The van der Waals surface area contributed by atoms with E-state index in [0.29, 0.717) is 29.3 Å². The lowest BCUT2D eigenvalue weighted by Gasteiger charge is -2.37. The fraction of sp³-hybridized carbons (Fsp3) is 0.520. The van der Waals surface area contributed by atoms with Crippen molar-refractivity contribution in [2.45, 2.75) is 56.0 Å². The first-order chi connectivity index (χ1) is 14.0. The minimum Gasteiger partial charge on any atom is -0.182 e. The van der Waals surface area contributed by atoms with E-state index in [1.807, 2.05) is 0 Å². The molecular weight excluding hydrogens is 402 g/mol. The van der Waals surface area contributed by atoms with Gasteiger partial charge in [0, 0.05) is 11.5 Å². The number of alkyl halides is 2. The molecule has 0 nitrogen and oxygen atoms in total. The van der Waals surface area contributed by atoms with E-state index in [-0.39, 0.29) is 0 Å². The summed E-state index contributed by atoms with van der Waals surface area (Å²) in [6, 6.07) is 18.1. The Balaban J connectivity index is 1.32. The van der Waals surface area contributed by atoms with Crippen LogP contribution in [0.3, 0.4) is 0 Å². The second kappa shape index (κ2) is 9.43. The lowest BCUT2D eigenvalue weighted by atomic mass is 9.74. The molecule has 1 saturated carbocycles. The third-order valence-corrected chi connectivity index (χ3v) is 9.15. The molecule has 0 atom stereocenters. The van der Waals surface area contributed by atoms with E-state index in [2.05, 4.69) is 55.5 Å². The highest BCUT2D eigenvalue weighted by molar-refractivity contribution is 8.18. The summed E-state index contributed by atoms with van der Waals surface area (Å²) in [5, 5.41) is 0. The van der Waals surface area contributed by atoms with Crippen molar-refractivity contribution in [2.24, 2.45) is 11.8 Å². The summed E-state index contributed by atoms with van der Waals surface area (Å²) in [5.74, 6) is 2.96. The van der Waals surface area contributed by atoms with Gasteiger partial charge in [-0.15, -0.1) is 0 Å². The van der Waals surface area contributed by atoms with E-state index >= 15 is 0 Å². The number of halogens is 2. The number of rotatable bonds is 5. The van der Waals surface area contributed by atoms with Crippen molar-refractivity contribution >= 4 is 23.5 Å². The van der Waals surface area contributed by atoms with E-state index in [1.165, 1.54) is 54.4 Å². The lowest BCUT2D eigenvalue weighted by Crippen LogP contribution is -2.30. The number of hydrogen-bond acceptors (Lipinski definition) is 2. The zero-order chi connectivity index (χ0) is 20.3. The summed E-state index contributed by atoms with van der Waals surface area (Å²) in [5.41, 5.74) is 5.41. The van der Waals surface area contributed by atoms with Gasteiger partial charge in [-0.3, -0.25) is 0 Å². The van der Waals surface area contributed by atoms with Gasteiger partial charge in [-0.2, -0.15) is 8.78 Å². The molecule has 4 heteroatoms. The van der Waals surface area contributed by atoms with Crippen LogP contribution in [0.1, 0.15) is 56.1 Å². The first-order valence-electron chi connectivity index (χ1n) is 10.9. The summed E-state index contributed by atoms with van der Waals surface area (Å²) in [6.45, 7) is 2.21. The average molecular weight is 433 g/mol. The largest absolute Gasteiger partial charge is 0.341 e. The summed E-state index contributed by atoms with van der Waals surface area (Å²) in [4.78, 5) is 0. The van der Waals surface area contributed by atoms with Gasteiger partial charge in [0.15, 0.2) is 0 Å². The van der Waals surface area contributed by atoms with E-state index in [9.17, 15) is 8.78 Å². The Morgan fingerprint density at radius 1 is 0.793 bits per heavy atom. The number of thioether (sulfide) groups is 2. The normalized spacial score (nSPS) is 25.1. The van der Waals surface area contributed by atoms with Crippen molar-refractivity contribution in [1.29, 1.82) is 0 Å². The predicted octanol–water partition coefficient (Wildman–Crippen LogP) is 8.23. The van der Waals surface area contributed by atoms with E-state index < -0.39 is 4.59 Å². The Labute approximate surface area is 182 Å². The molecule has 2 aromatic rings. The molecule has 0 bridgehead atoms. The van der Waals surface area contributed by atoms with Gasteiger partial charge >= 0.3 is 4.59 Å². The van der Waals surface area contributed by atoms with Crippen molar-refractivity contribution < 1.29 is 8.78 Å². The van der Waals surface area contributed by atoms with Gasteiger partial charge in [0.2, 0.25) is 0 Å². The van der Waals surface area contributed by atoms with Gasteiger partial charge < -0.3 is 0 Å². The minimum atomic E-state index is -2.56. The zero-order valence-corrected chi connectivity index (χ0v) is 18.7. The molecule has 1 saturated heterocycles. The first kappa shape index (κ1) is 21.2. The Morgan fingerprint density at radius 3 is 1.90 bits per heavy atom. The van der Waals surface area contributed by atoms with E-state index in [4.69, 9.17) is 0 Å². The molecule has 0 unspecified atom stereocenters. The van der Waals surface area contributed by atoms with Crippen molar-refractivity contribution in [3.8, 4) is 11.1 Å². The molecule has 156 valence electrons. The van der Waals surface area contributed by atoms with Crippen LogP contribution in [0.5, 0.6) is 0 Å². The van der Waals surface area contributed by atoms with Gasteiger partial charge in [0.05, 0.1) is 0 Å². The Hall–Kier alpha value is -1.00. The van der Waals surface area contributed by atoms with Gasteiger partial charge in [-0.25, -0.2) is 0 Å². The maximum Gasteiger partial charge on any atom is 0.341 e. The summed E-state index contributed by atoms with van der Waals surface area (Å²) in [6.07, 6.45) is 7.07. The van der Waals surface area contributed by atoms with Gasteiger partial charge in [-0.1, -0.05) is 85.4 Å². The molecule has 0 radical (unpaired) electrons. The summed E-state index contributed by atoms with van der Waals surface area (Å²) in [7, 11) is 0. The SMILES string of the molecule is CCCc1ccc(-c2ccc(C3CCC(C4CSC(F)(F)SC4)CC3)cc2)cc1. The molecule has 1 heterocycles. The zero-order valence-electron chi connectivity index (χ0n) is 17.1. The highest BCUT2D eigenvalue weighted by Crippen LogP contribution is 2.50. The van der Waals surface area contributed by atoms with Crippen LogP contribution in [0.25, 0.3) is 11.1 Å². The molecule has 2 aromatic carbocycles. The van der Waals surface area contributed by atoms with Crippen LogP contribution in [0.4, 0.5) is 8.78 Å². The molecule has 0 aromatic heterocycles. The molecule has 1 aliphatic heterocycles. The molecule has 0 spiro atoms. The van der Waals surface area contributed by atoms with E-state index in [1.54, 1.807) is 0 Å². The summed E-state index contributed by atoms with van der Waals surface area (Å²) >= 11 is 1.70. The minimum absolute atomic E-state index is 0.462. The van der Waals surface area contributed by atoms with Crippen molar-refractivity contribution in [2.75, 3.05) is 11.5 Å². The standard InChI is InChI=1S/C25H30F2S2/c1-2-3-18-4-6-19(7-5-18)20-8-10-21(11-9-20)22-12-14-23(15-13-22)24-16-28-25(26,27)29-17-24/h4-11,22-24H,2-3,12-17H2,1H3. The van der Waals surface area contributed by atoms with Crippen LogP contribution in [-0.2, 0) is 6.42 Å². The molecule has 1 aliphatic carbocycles. The Bertz CT molecular complexity index is 767. The van der Waals surface area contributed by atoms with Crippen molar-refractivity contribution in [3.05, 3.63) is 59.7 Å². The third kappa shape index (κ3) is 5.38. The topological polar surface area (TPSA) is 0 Å². The summed E-state index contributed by atoms with van der Waals surface area (Å²) < 4.78 is 24.2. The molecule has 0 N–H and O–H groups in total. The van der Waals surface area contributed by atoms with Gasteiger partial charge in [-0.05, 0) is 72.1 Å². The van der Waals surface area contributed by atoms with Crippen LogP contribution in [0, 0.1) is 11.8 Å². The number of hydrogen-bond donors (Lipinski definition) is 0. The second-order valence-corrected chi connectivity index (χ2v) is 11.1. The number of aryl methyl sites for hydroxylation is 1. The molecular formula is C25H30F2S2. The second-order valence-electron chi connectivity index (χ2n) is 8.53. The predicted molar refractivity (Wildman–Crippen MR) is 124 cm³/mol. The van der Waals surface area contributed by atoms with Gasteiger partial charge in [0.1, 0.15) is 0 Å². The van der Waals surface area contributed by atoms with Crippen molar-refractivity contribution in [1.82, 2.24) is 0 Å². The highest BCUT2D eigenvalue weighted by atomic mass is 32.2.